The van der Waals surface area contributed by atoms with E-state index in [9.17, 15) is 0 Å². The lowest BCUT2D eigenvalue weighted by molar-refractivity contribution is -0.173. The lowest BCUT2D eigenvalue weighted by atomic mass is 9.95. The average molecular weight is 269 g/mol. The van der Waals surface area contributed by atoms with E-state index in [1.54, 1.807) is 0 Å². The van der Waals surface area contributed by atoms with Gasteiger partial charge in [-0.15, -0.1) is 0 Å². The molecular weight excluding hydrogens is 256 g/mol. The molecule has 3 heteroatoms. The smallest absolute Gasteiger partial charge is 0.158 e. The van der Waals surface area contributed by atoms with Crippen molar-refractivity contribution in [2.24, 2.45) is 5.92 Å². The van der Waals surface area contributed by atoms with Crippen molar-refractivity contribution in [2.75, 3.05) is 13.2 Å². The molecule has 0 bridgehead atoms. The summed E-state index contributed by atoms with van der Waals surface area (Å²) in [5, 5.41) is 0. The maximum atomic E-state index is 6.09. The Morgan fingerprint density at radius 2 is 2.13 bits per heavy atom. The molecule has 1 aliphatic heterocycles. The van der Waals surface area contributed by atoms with Gasteiger partial charge >= 0.3 is 0 Å². The van der Waals surface area contributed by atoms with Crippen LogP contribution in [0.4, 0.5) is 0 Å². The molecule has 1 aromatic rings. The van der Waals surface area contributed by atoms with Crippen molar-refractivity contribution in [1.29, 1.82) is 0 Å². The largest absolute Gasteiger partial charge is 0.482 e. The lowest BCUT2D eigenvalue weighted by Gasteiger charge is -2.41. The van der Waals surface area contributed by atoms with Crippen molar-refractivity contribution in [2.45, 2.75) is 18.4 Å². The molecule has 1 aromatic carbocycles. The first-order chi connectivity index (χ1) is 7.28. The molecule has 0 N–H and O–H groups in total. The van der Waals surface area contributed by atoms with Gasteiger partial charge in [0, 0.05) is 10.4 Å². The number of ether oxygens (including phenoxy) is 2. The van der Waals surface area contributed by atoms with Gasteiger partial charge in [0.2, 0.25) is 0 Å². The van der Waals surface area contributed by atoms with Crippen molar-refractivity contribution in [3.63, 3.8) is 0 Å². The van der Waals surface area contributed by atoms with Crippen LogP contribution in [0, 0.1) is 5.92 Å². The van der Waals surface area contributed by atoms with E-state index in [1.807, 2.05) is 24.3 Å². The number of hydrogen-bond donors (Lipinski definition) is 0. The summed E-state index contributed by atoms with van der Waals surface area (Å²) in [4.78, 5) is 0. The van der Waals surface area contributed by atoms with Crippen LogP contribution >= 0.6 is 15.9 Å². The highest BCUT2D eigenvalue weighted by molar-refractivity contribution is 9.10. The fraction of sp³-hybridized carbons (Fsp3) is 0.500. The zero-order valence-corrected chi connectivity index (χ0v) is 10.00. The molecule has 0 radical (unpaired) electrons. The fourth-order valence-electron chi connectivity index (χ4n) is 2.06. The second-order valence-corrected chi connectivity index (χ2v) is 5.31. The summed E-state index contributed by atoms with van der Waals surface area (Å²) in [6.45, 7) is 1.51. The van der Waals surface area contributed by atoms with Crippen LogP contribution in [0.25, 0.3) is 0 Å². The van der Waals surface area contributed by atoms with Gasteiger partial charge < -0.3 is 9.47 Å². The molecule has 0 amide bonds. The average Bonchev–Trinajstić information content (AvgIpc) is 2.95. The summed E-state index contributed by atoms with van der Waals surface area (Å²) in [6, 6.07) is 8.03. The fourth-order valence-corrected chi connectivity index (χ4v) is 2.43. The van der Waals surface area contributed by atoms with Crippen LogP contribution in [-0.2, 0) is 4.74 Å². The number of rotatable bonds is 3. The standard InChI is InChI=1S/C12H13BrO2/c13-10-2-1-3-11(6-10)15-12(7-14-8-12)9-4-5-9/h1-3,6,9H,4-5,7-8H2. The first kappa shape index (κ1) is 9.67. The Balaban J connectivity index is 1.78. The molecule has 0 unspecified atom stereocenters. The van der Waals surface area contributed by atoms with Crippen LogP contribution < -0.4 is 4.74 Å². The Morgan fingerprint density at radius 3 is 2.67 bits per heavy atom. The van der Waals surface area contributed by atoms with Gasteiger partial charge in [-0.05, 0) is 31.0 Å². The van der Waals surface area contributed by atoms with Gasteiger partial charge in [-0.3, -0.25) is 0 Å². The third-order valence-electron chi connectivity index (χ3n) is 3.13. The number of benzene rings is 1. The molecule has 0 atom stereocenters. The Bertz CT molecular complexity index is 370. The summed E-state index contributed by atoms with van der Waals surface area (Å²) in [6.07, 6.45) is 2.58. The zero-order chi connectivity index (χ0) is 10.3. The van der Waals surface area contributed by atoms with Crippen LogP contribution in [0.2, 0.25) is 0 Å². The number of halogens is 1. The minimum absolute atomic E-state index is 0.0131. The lowest BCUT2D eigenvalue weighted by Crippen LogP contribution is -2.56. The van der Waals surface area contributed by atoms with E-state index in [-0.39, 0.29) is 5.60 Å². The number of hydrogen-bond acceptors (Lipinski definition) is 2. The van der Waals surface area contributed by atoms with Crippen LogP contribution in [0.15, 0.2) is 28.7 Å². The highest BCUT2D eigenvalue weighted by Crippen LogP contribution is 2.46. The van der Waals surface area contributed by atoms with Gasteiger partial charge in [-0.1, -0.05) is 22.0 Å². The molecule has 0 spiro atoms. The molecule has 1 aliphatic carbocycles. The molecule has 2 fully saturated rings. The Hall–Kier alpha value is -0.540. The van der Waals surface area contributed by atoms with E-state index in [4.69, 9.17) is 9.47 Å². The maximum absolute atomic E-state index is 6.09. The molecular formula is C12H13BrO2. The Labute approximate surface area is 97.7 Å². The van der Waals surface area contributed by atoms with E-state index >= 15 is 0 Å². The predicted molar refractivity (Wildman–Crippen MR) is 61.0 cm³/mol. The first-order valence-corrected chi connectivity index (χ1v) is 6.10. The molecule has 1 saturated heterocycles. The van der Waals surface area contributed by atoms with Gasteiger partial charge in [0.25, 0.3) is 0 Å². The van der Waals surface area contributed by atoms with Gasteiger partial charge in [0.05, 0.1) is 13.2 Å². The molecule has 1 heterocycles. The molecule has 80 valence electrons. The molecule has 2 aliphatic rings. The molecule has 1 saturated carbocycles. The van der Waals surface area contributed by atoms with E-state index in [0.717, 1.165) is 23.4 Å². The summed E-state index contributed by atoms with van der Waals surface area (Å²) in [7, 11) is 0. The predicted octanol–water partition coefficient (Wildman–Crippen LogP) is 3.01. The normalized spacial score (nSPS) is 23.3. The van der Waals surface area contributed by atoms with Gasteiger partial charge in [-0.2, -0.15) is 0 Å². The zero-order valence-electron chi connectivity index (χ0n) is 8.41. The minimum atomic E-state index is -0.0131. The van der Waals surface area contributed by atoms with E-state index in [1.165, 1.54) is 12.8 Å². The Morgan fingerprint density at radius 1 is 1.33 bits per heavy atom. The molecule has 2 nitrogen and oxygen atoms in total. The third-order valence-corrected chi connectivity index (χ3v) is 3.62. The van der Waals surface area contributed by atoms with Crippen LogP contribution in [-0.4, -0.2) is 18.8 Å². The van der Waals surface area contributed by atoms with Gasteiger partial charge in [-0.25, -0.2) is 0 Å². The first-order valence-electron chi connectivity index (χ1n) is 5.31. The molecule has 3 rings (SSSR count). The second kappa shape index (κ2) is 3.49. The summed E-state index contributed by atoms with van der Waals surface area (Å²) in [5.74, 6) is 1.66. The highest BCUT2D eigenvalue weighted by Gasteiger charge is 2.53. The van der Waals surface area contributed by atoms with Crippen molar-refractivity contribution < 1.29 is 9.47 Å². The molecule has 15 heavy (non-hydrogen) atoms. The van der Waals surface area contributed by atoms with E-state index in [2.05, 4.69) is 15.9 Å². The van der Waals surface area contributed by atoms with Crippen molar-refractivity contribution in [3.8, 4) is 5.75 Å². The van der Waals surface area contributed by atoms with E-state index < -0.39 is 0 Å². The van der Waals surface area contributed by atoms with E-state index in [0.29, 0.717) is 5.92 Å². The van der Waals surface area contributed by atoms with Crippen LogP contribution in [0.1, 0.15) is 12.8 Å². The third kappa shape index (κ3) is 1.79. The Kier molecular flexibility index (Phi) is 2.25. The minimum Gasteiger partial charge on any atom is -0.482 e. The van der Waals surface area contributed by atoms with Crippen LogP contribution in [0.3, 0.4) is 0 Å². The SMILES string of the molecule is Brc1cccc(OC2(C3CC3)COC2)c1. The topological polar surface area (TPSA) is 18.5 Å². The monoisotopic (exact) mass is 268 g/mol. The van der Waals surface area contributed by atoms with Crippen LogP contribution in [0.5, 0.6) is 5.75 Å². The van der Waals surface area contributed by atoms with Crippen molar-refractivity contribution in [1.82, 2.24) is 0 Å². The molecule has 0 aromatic heterocycles. The summed E-state index contributed by atoms with van der Waals surface area (Å²) in [5.41, 5.74) is -0.0131. The summed E-state index contributed by atoms with van der Waals surface area (Å²) >= 11 is 3.45. The highest BCUT2D eigenvalue weighted by atomic mass is 79.9. The van der Waals surface area contributed by atoms with Crippen molar-refractivity contribution >= 4 is 15.9 Å². The maximum Gasteiger partial charge on any atom is 0.158 e. The van der Waals surface area contributed by atoms with Gasteiger partial charge in [0.15, 0.2) is 5.60 Å². The second-order valence-electron chi connectivity index (χ2n) is 4.39. The summed E-state index contributed by atoms with van der Waals surface area (Å²) < 4.78 is 12.5. The van der Waals surface area contributed by atoms with Gasteiger partial charge in [0.1, 0.15) is 5.75 Å². The quantitative estimate of drug-likeness (QED) is 0.839. The van der Waals surface area contributed by atoms with Crippen molar-refractivity contribution in [3.05, 3.63) is 28.7 Å².